The number of hydrogen-bond acceptors (Lipinski definition) is 7. The molecule has 2 aromatic heterocycles. The van der Waals surface area contributed by atoms with Crippen molar-refractivity contribution in [1.29, 1.82) is 5.26 Å². The summed E-state index contributed by atoms with van der Waals surface area (Å²) in [5, 5.41) is 15.7. The van der Waals surface area contributed by atoms with E-state index in [1.165, 1.54) is 6.20 Å². The first-order valence-electron chi connectivity index (χ1n) is 7.64. The number of ether oxygens (including phenoxy) is 1. The average molecular weight is 328 g/mol. The van der Waals surface area contributed by atoms with Crippen molar-refractivity contribution in [2.24, 2.45) is 0 Å². The molecule has 0 aliphatic rings. The topological polar surface area (TPSA) is 121 Å². The van der Waals surface area contributed by atoms with Crippen molar-refractivity contribution in [3.8, 4) is 6.07 Å². The number of carbonyl (C=O) groups is 1. The number of nitrogens with zero attached hydrogens (tertiary/aromatic N) is 4. The van der Waals surface area contributed by atoms with Crippen LogP contribution in [0.25, 0.3) is 0 Å². The van der Waals surface area contributed by atoms with Crippen LogP contribution in [0.2, 0.25) is 0 Å². The zero-order valence-electron chi connectivity index (χ0n) is 13.7. The molecule has 0 saturated heterocycles. The van der Waals surface area contributed by atoms with E-state index >= 15 is 0 Å². The summed E-state index contributed by atoms with van der Waals surface area (Å²) in [4.78, 5) is 17.8. The molecule has 0 atom stereocenters. The van der Waals surface area contributed by atoms with E-state index in [0.717, 1.165) is 24.5 Å². The molecule has 2 aromatic rings. The summed E-state index contributed by atoms with van der Waals surface area (Å²) in [6, 6.07) is 5.53. The molecule has 0 spiro atoms. The van der Waals surface area contributed by atoms with Gasteiger partial charge in [0.15, 0.2) is 5.82 Å². The Hall–Kier alpha value is -3.08. The first kappa shape index (κ1) is 17.3. The molecule has 2 rings (SSSR count). The highest BCUT2D eigenvalue weighted by molar-refractivity contribution is 5.89. The second kappa shape index (κ2) is 7.97. The van der Waals surface area contributed by atoms with Crippen LogP contribution in [0.5, 0.6) is 0 Å². The average Bonchev–Trinajstić information content (AvgIpc) is 2.95. The number of carbonyl (C=O) groups excluding carboxylic acids is 1. The highest BCUT2D eigenvalue weighted by Crippen LogP contribution is 2.15. The Kier molecular flexibility index (Phi) is 5.73. The van der Waals surface area contributed by atoms with Crippen LogP contribution in [0.3, 0.4) is 0 Å². The Labute approximate surface area is 140 Å². The zero-order chi connectivity index (χ0) is 17.5. The predicted octanol–water partition coefficient (Wildman–Crippen LogP) is 1.50. The summed E-state index contributed by atoms with van der Waals surface area (Å²) in [6.07, 6.45) is 2.97. The van der Waals surface area contributed by atoms with Crippen molar-refractivity contribution < 1.29 is 9.53 Å². The molecular weight excluding hydrogens is 308 g/mol. The minimum absolute atomic E-state index is 0.233. The molecule has 3 N–H and O–H groups in total. The van der Waals surface area contributed by atoms with E-state index in [1.54, 1.807) is 19.1 Å². The number of nitrogens with two attached hydrogens (primary N) is 1. The number of nitrogens with one attached hydrogen (secondary N) is 1. The van der Waals surface area contributed by atoms with Crippen molar-refractivity contribution in [2.45, 2.75) is 19.8 Å². The number of esters is 1. The van der Waals surface area contributed by atoms with Gasteiger partial charge in [-0.3, -0.25) is 5.10 Å². The lowest BCUT2D eigenvalue weighted by atomic mass is 10.1. The molecular formula is C16H20N6O2. The fourth-order valence-corrected chi connectivity index (χ4v) is 2.25. The largest absolute Gasteiger partial charge is 0.462 e. The number of aromatic nitrogens is 3. The van der Waals surface area contributed by atoms with Crippen LogP contribution >= 0.6 is 0 Å². The fraction of sp³-hybridized carbons (Fsp3) is 0.375. The van der Waals surface area contributed by atoms with Gasteiger partial charge in [0, 0.05) is 19.8 Å². The third-order valence-electron chi connectivity index (χ3n) is 3.55. The molecule has 24 heavy (non-hydrogen) atoms. The molecule has 0 bridgehead atoms. The molecule has 0 radical (unpaired) electrons. The number of pyridine rings is 1. The van der Waals surface area contributed by atoms with Gasteiger partial charge in [-0.25, -0.2) is 9.78 Å². The molecule has 0 fully saturated rings. The first-order valence-corrected chi connectivity index (χ1v) is 7.64. The Morgan fingerprint density at radius 1 is 1.50 bits per heavy atom. The minimum Gasteiger partial charge on any atom is -0.462 e. The fourth-order valence-electron chi connectivity index (χ4n) is 2.25. The molecule has 8 heteroatoms. The quantitative estimate of drug-likeness (QED) is 0.739. The van der Waals surface area contributed by atoms with Gasteiger partial charge < -0.3 is 15.4 Å². The van der Waals surface area contributed by atoms with Crippen LogP contribution in [0.15, 0.2) is 18.3 Å². The summed E-state index contributed by atoms with van der Waals surface area (Å²) in [5.74, 6) is 0.616. The number of nitrogen functional groups attached to an aromatic ring is 1. The van der Waals surface area contributed by atoms with E-state index in [9.17, 15) is 4.79 Å². The van der Waals surface area contributed by atoms with Gasteiger partial charge in [0.2, 0.25) is 0 Å². The number of hydrogen-bond donors (Lipinski definition) is 2. The monoisotopic (exact) mass is 328 g/mol. The van der Waals surface area contributed by atoms with Crippen LogP contribution in [-0.2, 0) is 11.2 Å². The molecule has 0 aromatic carbocycles. The van der Waals surface area contributed by atoms with Crippen molar-refractivity contribution in [3.05, 3.63) is 35.2 Å². The summed E-state index contributed by atoms with van der Waals surface area (Å²) in [6.45, 7) is 2.83. The lowest BCUT2D eigenvalue weighted by molar-refractivity contribution is 0.0526. The smallest absolute Gasteiger partial charge is 0.339 e. The van der Waals surface area contributed by atoms with E-state index in [-0.39, 0.29) is 11.8 Å². The van der Waals surface area contributed by atoms with Crippen LogP contribution in [-0.4, -0.2) is 41.3 Å². The number of nitriles is 1. The van der Waals surface area contributed by atoms with E-state index in [4.69, 9.17) is 15.7 Å². The highest BCUT2D eigenvalue weighted by atomic mass is 16.5. The normalized spacial score (nSPS) is 10.2. The summed E-state index contributed by atoms with van der Waals surface area (Å²) in [7, 11) is 1.92. The maximum Gasteiger partial charge on any atom is 0.339 e. The third kappa shape index (κ3) is 4.01. The molecule has 8 nitrogen and oxygen atoms in total. The van der Waals surface area contributed by atoms with E-state index in [2.05, 4.69) is 21.3 Å². The highest BCUT2D eigenvalue weighted by Gasteiger charge is 2.11. The van der Waals surface area contributed by atoms with Crippen molar-refractivity contribution in [1.82, 2.24) is 15.2 Å². The standard InChI is InChI=1S/C16H20N6O2/c1-3-24-16(23)11-6-7-14(19-10-11)22(2)8-4-5-13-12(9-17)15(18)21-20-13/h6-7,10H,3-5,8H2,1-2H3,(H3,18,20,21). The van der Waals surface area contributed by atoms with Crippen molar-refractivity contribution >= 4 is 17.6 Å². The van der Waals surface area contributed by atoms with Gasteiger partial charge in [0.1, 0.15) is 17.5 Å². The SMILES string of the molecule is CCOC(=O)c1ccc(N(C)CCCc2[nH]nc(N)c2C#N)nc1. The number of aromatic amines is 1. The Morgan fingerprint density at radius 3 is 2.92 bits per heavy atom. The Morgan fingerprint density at radius 2 is 2.29 bits per heavy atom. The van der Waals surface area contributed by atoms with Crippen LogP contribution in [0.4, 0.5) is 11.6 Å². The third-order valence-corrected chi connectivity index (χ3v) is 3.55. The zero-order valence-corrected chi connectivity index (χ0v) is 13.7. The molecule has 0 aliphatic heterocycles. The molecule has 0 unspecified atom stereocenters. The molecule has 0 saturated carbocycles. The Balaban J connectivity index is 1.89. The van der Waals surface area contributed by atoms with Gasteiger partial charge in [-0.2, -0.15) is 10.4 Å². The number of anilines is 2. The Bertz CT molecular complexity index is 732. The van der Waals surface area contributed by atoms with Gasteiger partial charge in [0.05, 0.1) is 17.9 Å². The number of H-pyrrole nitrogens is 1. The molecule has 2 heterocycles. The minimum atomic E-state index is -0.375. The van der Waals surface area contributed by atoms with Gasteiger partial charge >= 0.3 is 5.97 Å². The second-order valence-electron chi connectivity index (χ2n) is 5.22. The van der Waals surface area contributed by atoms with Gasteiger partial charge in [0.25, 0.3) is 0 Å². The molecule has 0 amide bonds. The van der Waals surface area contributed by atoms with Crippen LogP contribution in [0, 0.1) is 11.3 Å². The summed E-state index contributed by atoms with van der Waals surface area (Å²) >= 11 is 0. The second-order valence-corrected chi connectivity index (χ2v) is 5.22. The number of aryl methyl sites for hydroxylation is 1. The maximum atomic E-state index is 11.6. The van der Waals surface area contributed by atoms with Crippen LogP contribution in [0.1, 0.15) is 35.0 Å². The summed E-state index contributed by atoms with van der Waals surface area (Å²) in [5.41, 5.74) is 7.20. The lowest BCUT2D eigenvalue weighted by Crippen LogP contribution is -2.20. The van der Waals surface area contributed by atoms with E-state index < -0.39 is 0 Å². The summed E-state index contributed by atoms with van der Waals surface area (Å²) < 4.78 is 4.93. The van der Waals surface area contributed by atoms with Gasteiger partial charge in [-0.1, -0.05) is 0 Å². The number of rotatable bonds is 7. The van der Waals surface area contributed by atoms with Gasteiger partial charge in [-0.15, -0.1) is 0 Å². The van der Waals surface area contributed by atoms with Crippen LogP contribution < -0.4 is 10.6 Å². The van der Waals surface area contributed by atoms with E-state index in [1.807, 2.05) is 11.9 Å². The predicted molar refractivity (Wildman–Crippen MR) is 89.5 cm³/mol. The van der Waals surface area contributed by atoms with Crippen molar-refractivity contribution in [3.63, 3.8) is 0 Å². The van der Waals surface area contributed by atoms with Crippen molar-refractivity contribution in [2.75, 3.05) is 30.8 Å². The van der Waals surface area contributed by atoms with Gasteiger partial charge in [-0.05, 0) is 31.9 Å². The van der Waals surface area contributed by atoms with E-state index in [0.29, 0.717) is 24.2 Å². The molecule has 0 aliphatic carbocycles. The lowest BCUT2D eigenvalue weighted by Gasteiger charge is -2.18. The molecule has 126 valence electrons. The first-order chi connectivity index (χ1) is 11.6. The maximum absolute atomic E-state index is 11.6.